The number of methoxy groups -OCH3 is 2. The second kappa shape index (κ2) is 7.74. The van der Waals surface area contributed by atoms with Crippen LogP contribution in [0.3, 0.4) is 0 Å². The maximum atomic E-state index is 13.6. The van der Waals surface area contributed by atoms with Crippen LogP contribution in [-0.4, -0.2) is 29.0 Å². The highest BCUT2D eigenvalue weighted by Crippen LogP contribution is 2.36. The largest absolute Gasteiger partial charge is 0.497 e. The number of ether oxygens (including phenoxy) is 3. The number of hydrogen-bond acceptors (Lipinski definition) is 5. The Kier molecular flexibility index (Phi) is 5.23. The molecule has 0 atom stereocenters. The first-order chi connectivity index (χ1) is 14.8. The monoisotopic (exact) mass is 436 g/mol. The molecule has 0 bridgehead atoms. The zero-order valence-electron chi connectivity index (χ0n) is 18.1. The molecule has 3 aromatic rings. The molecule has 2 heterocycles. The van der Waals surface area contributed by atoms with E-state index in [-0.39, 0.29) is 5.56 Å². The lowest BCUT2D eigenvalue weighted by Gasteiger charge is -2.32. The van der Waals surface area contributed by atoms with Gasteiger partial charge in [0, 0.05) is 0 Å². The van der Waals surface area contributed by atoms with Crippen LogP contribution in [0.4, 0.5) is 0 Å². The average Bonchev–Trinajstić information content (AvgIpc) is 2.73. The van der Waals surface area contributed by atoms with Crippen LogP contribution in [0.2, 0.25) is 0 Å². The zero-order chi connectivity index (χ0) is 22.3. The fourth-order valence-corrected chi connectivity index (χ4v) is 4.19. The summed E-state index contributed by atoms with van der Waals surface area (Å²) in [6, 6.07) is 14.7. The Morgan fingerprint density at radius 1 is 0.871 bits per heavy atom. The molecule has 0 saturated carbocycles. The fourth-order valence-electron chi connectivity index (χ4n) is 3.81. The Bertz CT molecular complexity index is 1280. The fraction of sp³-hybridized carbons (Fsp3) is 0.250. The summed E-state index contributed by atoms with van der Waals surface area (Å²) in [5.74, 6) is 1.87. The summed E-state index contributed by atoms with van der Waals surface area (Å²) in [6.45, 7) is 5.83. The van der Waals surface area contributed by atoms with Crippen LogP contribution < -0.4 is 19.8 Å². The lowest BCUT2D eigenvalue weighted by Crippen LogP contribution is -2.36. The molecule has 31 heavy (non-hydrogen) atoms. The van der Waals surface area contributed by atoms with Crippen molar-refractivity contribution in [3.05, 3.63) is 75.3 Å². The van der Waals surface area contributed by atoms with E-state index in [1.165, 1.54) is 4.57 Å². The molecular formula is C24H24N2O4S. The van der Waals surface area contributed by atoms with Crippen molar-refractivity contribution in [1.29, 1.82) is 0 Å². The normalized spacial score (nSPS) is 14.3. The molecule has 7 heteroatoms. The van der Waals surface area contributed by atoms with Gasteiger partial charge in [0.25, 0.3) is 5.56 Å². The Balaban J connectivity index is 2.07. The van der Waals surface area contributed by atoms with Crippen LogP contribution in [0.1, 0.15) is 26.3 Å². The van der Waals surface area contributed by atoms with Crippen molar-refractivity contribution in [1.82, 2.24) is 9.13 Å². The molecule has 1 aliphatic heterocycles. The van der Waals surface area contributed by atoms with E-state index in [1.807, 2.05) is 63.2 Å². The standard InChI is InChI=1S/C24H24N2O4S/c1-15-14-24(2,3)30-22-20(15)21(27)25(16-6-10-18(28-4)11-7-16)23(31)26(22)17-8-12-19(29-5)13-9-17/h6-14H,1-5H3. The maximum absolute atomic E-state index is 13.6. The van der Waals surface area contributed by atoms with Crippen LogP contribution in [0, 0.1) is 4.77 Å². The molecule has 1 aliphatic rings. The van der Waals surface area contributed by atoms with Crippen LogP contribution in [0.5, 0.6) is 17.4 Å². The first-order valence-electron chi connectivity index (χ1n) is 9.85. The first kappa shape index (κ1) is 20.9. The minimum atomic E-state index is -0.578. The summed E-state index contributed by atoms with van der Waals surface area (Å²) < 4.78 is 20.5. The van der Waals surface area contributed by atoms with Crippen molar-refractivity contribution < 1.29 is 14.2 Å². The van der Waals surface area contributed by atoms with Gasteiger partial charge in [-0.15, -0.1) is 0 Å². The van der Waals surface area contributed by atoms with Crippen molar-refractivity contribution in [2.75, 3.05) is 14.2 Å². The van der Waals surface area contributed by atoms with E-state index < -0.39 is 5.60 Å². The molecule has 0 spiro atoms. The van der Waals surface area contributed by atoms with Crippen molar-refractivity contribution in [2.45, 2.75) is 26.4 Å². The number of rotatable bonds is 4. The molecule has 1 aromatic heterocycles. The molecule has 4 rings (SSSR count). The number of aromatic nitrogens is 2. The second-order valence-electron chi connectivity index (χ2n) is 7.87. The van der Waals surface area contributed by atoms with Crippen LogP contribution in [0.15, 0.2) is 59.4 Å². The Labute approximate surface area is 185 Å². The summed E-state index contributed by atoms with van der Waals surface area (Å²) >= 11 is 5.83. The third kappa shape index (κ3) is 3.65. The van der Waals surface area contributed by atoms with Crippen molar-refractivity contribution >= 4 is 17.8 Å². The molecular weight excluding hydrogens is 412 g/mol. The third-order valence-corrected chi connectivity index (χ3v) is 5.56. The molecule has 0 radical (unpaired) electrons. The van der Waals surface area contributed by atoms with Gasteiger partial charge in [-0.05, 0) is 93.2 Å². The predicted molar refractivity (Wildman–Crippen MR) is 124 cm³/mol. The summed E-state index contributed by atoms with van der Waals surface area (Å²) in [4.78, 5) is 13.6. The van der Waals surface area contributed by atoms with Crippen LogP contribution in [0.25, 0.3) is 16.9 Å². The second-order valence-corrected chi connectivity index (χ2v) is 8.23. The van der Waals surface area contributed by atoms with Gasteiger partial charge in [0.15, 0.2) is 4.77 Å². The SMILES string of the molecule is COc1ccc(-n2c3c(c(=O)n(-c4ccc(OC)cc4)c2=S)C(C)=CC(C)(C)O3)cc1. The molecule has 2 aromatic carbocycles. The van der Waals surface area contributed by atoms with Gasteiger partial charge in [0.2, 0.25) is 5.88 Å². The Morgan fingerprint density at radius 3 is 1.84 bits per heavy atom. The highest BCUT2D eigenvalue weighted by atomic mass is 32.1. The Morgan fingerprint density at radius 2 is 1.35 bits per heavy atom. The number of fused-ring (bicyclic) bond motifs is 1. The van der Waals surface area contributed by atoms with Gasteiger partial charge in [-0.2, -0.15) is 0 Å². The minimum absolute atomic E-state index is 0.223. The van der Waals surface area contributed by atoms with E-state index in [4.69, 9.17) is 26.4 Å². The first-order valence-corrected chi connectivity index (χ1v) is 10.3. The zero-order valence-corrected chi connectivity index (χ0v) is 18.9. The molecule has 160 valence electrons. The number of allylic oxidation sites excluding steroid dienone is 1. The van der Waals surface area contributed by atoms with Gasteiger partial charge in [0.1, 0.15) is 22.7 Å². The van der Waals surface area contributed by atoms with Gasteiger partial charge in [-0.1, -0.05) is 0 Å². The summed E-state index contributed by atoms with van der Waals surface area (Å²) in [5, 5.41) is 0. The lowest BCUT2D eigenvalue weighted by molar-refractivity contribution is 0.144. The minimum Gasteiger partial charge on any atom is -0.497 e. The average molecular weight is 437 g/mol. The lowest BCUT2D eigenvalue weighted by atomic mass is 9.98. The summed E-state index contributed by atoms with van der Waals surface area (Å²) in [7, 11) is 3.22. The van der Waals surface area contributed by atoms with E-state index in [0.29, 0.717) is 27.7 Å². The van der Waals surface area contributed by atoms with Gasteiger partial charge >= 0.3 is 0 Å². The smallest absolute Gasteiger partial charge is 0.270 e. The molecule has 6 nitrogen and oxygen atoms in total. The van der Waals surface area contributed by atoms with Crippen molar-refractivity contribution in [3.63, 3.8) is 0 Å². The van der Waals surface area contributed by atoms with Crippen LogP contribution >= 0.6 is 12.2 Å². The van der Waals surface area contributed by atoms with E-state index >= 15 is 0 Å². The molecule has 0 fully saturated rings. The number of hydrogen-bond donors (Lipinski definition) is 0. The van der Waals surface area contributed by atoms with Gasteiger partial charge in [-0.3, -0.25) is 13.9 Å². The number of nitrogens with zero attached hydrogens (tertiary/aromatic N) is 2. The number of benzene rings is 2. The predicted octanol–water partition coefficient (Wildman–Crippen LogP) is 4.95. The summed E-state index contributed by atoms with van der Waals surface area (Å²) in [5.41, 5.74) is 1.95. The summed E-state index contributed by atoms with van der Waals surface area (Å²) in [6.07, 6.45) is 1.95. The quantitative estimate of drug-likeness (QED) is 0.542. The van der Waals surface area contributed by atoms with E-state index in [0.717, 1.165) is 17.0 Å². The highest BCUT2D eigenvalue weighted by molar-refractivity contribution is 7.71. The van der Waals surface area contributed by atoms with Gasteiger partial charge < -0.3 is 14.2 Å². The molecule has 0 saturated heterocycles. The molecule has 0 N–H and O–H groups in total. The van der Waals surface area contributed by atoms with E-state index in [1.54, 1.807) is 30.9 Å². The highest BCUT2D eigenvalue weighted by Gasteiger charge is 2.31. The topological polar surface area (TPSA) is 54.6 Å². The van der Waals surface area contributed by atoms with Gasteiger partial charge in [0.05, 0.1) is 25.6 Å². The molecule has 0 amide bonds. The van der Waals surface area contributed by atoms with Crippen LogP contribution in [-0.2, 0) is 0 Å². The van der Waals surface area contributed by atoms with E-state index in [2.05, 4.69) is 0 Å². The Hall–Kier alpha value is -3.32. The van der Waals surface area contributed by atoms with E-state index in [9.17, 15) is 4.79 Å². The van der Waals surface area contributed by atoms with Gasteiger partial charge in [-0.25, -0.2) is 0 Å². The molecule has 0 aliphatic carbocycles. The van der Waals surface area contributed by atoms with Crippen molar-refractivity contribution in [2.24, 2.45) is 0 Å². The third-order valence-electron chi connectivity index (χ3n) is 5.20. The van der Waals surface area contributed by atoms with Crippen molar-refractivity contribution in [3.8, 4) is 28.8 Å². The maximum Gasteiger partial charge on any atom is 0.270 e. The molecule has 0 unspecified atom stereocenters.